The second-order valence-electron chi connectivity index (χ2n) is 6.25. The van der Waals surface area contributed by atoms with Crippen LogP contribution in [0.1, 0.15) is 41.2 Å². The van der Waals surface area contributed by atoms with Crippen molar-refractivity contribution in [1.29, 1.82) is 0 Å². The molecule has 0 saturated carbocycles. The lowest BCUT2D eigenvalue weighted by Crippen LogP contribution is -2.30. The van der Waals surface area contributed by atoms with Crippen LogP contribution in [0.5, 0.6) is 0 Å². The van der Waals surface area contributed by atoms with Crippen LogP contribution in [-0.4, -0.2) is 36.3 Å². The monoisotopic (exact) mass is 377 g/mol. The highest BCUT2D eigenvalue weighted by atomic mass is 32.2. The molecule has 0 aliphatic carbocycles. The second-order valence-corrected chi connectivity index (χ2v) is 8.19. The van der Waals surface area contributed by atoms with Crippen LogP contribution in [0.25, 0.3) is 0 Å². The fourth-order valence-corrected chi connectivity index (χ4v) is 4.34. The lowest BCUT2D eigenvalue weighted by molar-refractivity contribution is 0.0950. The summed E-state index contributed by atoms with van der Waals surface area (Å²) < 4.78 is 28.4. The minimum absolute atomic E-state index is 0.201. The molecule has 6 nitrogen and oxygen atoms in total. The molecule has 7 heteroatoms. The van der Waals surface area contributed by atoms with Crippen molar-refractivity contribution in [2.45, 2.75) is 39.1 Å². The van der Waals surface area contributed by atoms with Crippen molar-refractivity contribution in [2.75, 3.05) is 13.1 Å². The van der Waals surface area contributed by atoms with Gasteiger partial charge in [-0.3, -0.25) is 4.79 Å². The minimum Gasteiger partial charge on any atom is -0.352 e. The van der Waals surface area contributed by atoms with Gasteiger partial charge >= 0.3 is 0 Å². The average molecular weight is 378 g/mol. The first kappa shape index (κ1) is 20.2. The fourth-order valence-electron chi connectivity index (χ4n) is 2.88. The van der Waals surface area contributed by atoms with Gasteiger partial charge in [-0.25, -0.2) is 8.42 Å². The van der Waals surface area contributed by atoms with Crippen molar-refractivity contribution in [3.05, 3.63) is 52.8 Å². The Labute approximate surface area is 155 Å². The van der Waals surface area contributed by atoms with E-state index in [1.807, 2.05) is 20.9 Å². The molecular formula is C19H27N3O3S. The molecule has 142 valence electrons. The molecule has 0 aliphatic rings. The quantitative estimate of drug-likeness (QED) is 0.806. The van der Waals surface area contributed by atoms with Crippen LogP contribution in [0, 0.1) is 13.8 Å². The van der Waals surface area contributed by atoms with Crippen molar-refractivity contribution < 1.29 is 13.2 Å². The van der Waals surface area contributed by atoms with Crippen molar-refractivity contribution in [3.63, 3.8) is 0 Å². The fraction of sp³-hybridized carbons (Fsp3) is 0.421. The maximum atomic E-state index is 12.5. The van der Waals surface area contributed by atoms with Gasteiger partial charge in [-0.15, -0.1) is 0 Å². The van der Waals surface area contributed by atoms with E-state index in [0.717, 1.165) is 17.0 Å². The Hall–Kier alpha value is -2.12. The van der Waals surface area contributed by atoms with Crippen molar-refractivity contribution >= 4 is 15.9 Å². The molecule has 0 bridgehead atoms. The summed E-state index contributed by atoms with van der Waals surface area (Å²) in [6, 6.07) is 8.12. The van der Waals surface area contributed by atoms with Crippen LogP contribution in [0.3, 0.4) is 0 Å². The number of hydrogen-bond donors (Lipinski definition) is 1. The number of benzene rings is 1. The van der Waals surface area contributed by atoms with Crippen LogP contribution < -0.4 is 5.32 Å². The van der Waals surface area contributed by atoms with Crippen LogP contribution in [0.15, 0.2) is 35.2 Å². The molecule has 2 rings (SSSR count). The van der Waals surface area contributed by atoms with E-state index >= 15 is 0 Å². The first-order chi connectivity index (χ1) is 12.2. The van der Waals surface area contributed by atoms with Gasteiger partial charge in [-0.2, -0.15) is 4.31 Å². The molecule has 1 amide bonds. The number of aryl methyl sites for hydroxylation is 1. The second kappa shape index (κ2) is 8.05. The maximum Gasteiger partial charge on any atom is 0.251 e. The molecule has 0 atom stereocenters. The van der Waals surface area contributed by atoms with Gasteiger partial charge in [0.25, 0.3) is 5.91 Å². The molecule has 1 heterocycles. The zero-order chi connectivity index (χ0) is 19.5. The normalized spacial score (nSPS) is 11.8. The molecule has 2 aromatic rings. The predicted octanol–water partition coefficient (Wildman–Crippen LogP) is 2.60. The van der Waals surface area contributed by atoms with E-state index in [4.69, 9.17) is 0 Å². The minimum atomic E-state index is -3.51. The van der Waals surface area contributed by atoms with E-state index in [1.54, 1.807) is 26.0 Å². The molecule has 0 spiro atoms. The molecular weight excluding hydrogens is 350 g/mol. The number of amides is 1. The first-order valence-electron chi connectivity index (χ1n) is 8.72. The van der Waals surface area contributed by atoms with Gasteiger partial charge in [0.1, 0.15) is 0 Å². The van der Waals surface area contributed by atoms with Gasteiger partial charge < -0.3 is 9.88 Å². The molecule has 26 heavy (non-hydrogen) atoms. The first-order valence-corrected chi connectivity index (χ1v) is 10.2. The number of carbonyl (C=O) groups excluding carboxylic acids is 1. The summed E-state index contributed by atoms with van der Waals surface area (Å²) in [6.45, 7) is 8.90. The predicted molar refractivity (Wildman–Crippen MR) is 103 cm³/mol. The third kappa shape index (κ3) is 3.99. The highest BCUT2D eigenvalue weighted by molar-refractivity contribution is 7.89. The molecule has 1 aromatic heterocycles. The summed E-state index contributed by atoms with van der Waals surface area (Å²) in [5, 5.41) is 2.89. The summed E-state index contributed by atoms with van der Waals surface area (Å²) >= 11 is 0. The lowest BCUT2D eigenvalue weighted by atomic mass is 10.2. The van der Waals surface area contributed by atoms with Gasteiger partial charge in [0, 0.05) is 43.6 Å². The zero-order valence-corrected chi connectivity index (χ0v) is 16.9. The number of nitrogens with zero attached hydrogens (tertiary/aromatic N) is 2. The molecule has 0 radical (unpaired) electrons. The van der Waals surface area contributed by atoms with E-state index in [-0.39, 0.29) is 10.8 Å². The Kier molecular flexibility index (Phi) is 6.26. The Morgan fingerprint density at radius 1 is 1.12 bits per heavy atom. The topological polar surface area (TPSA) is 71.4 Å². The van der Waals surface area contributed by atoms with Crippen LogP contribution >= 0.6 is 0 Å². The third-order valence-corrected chi connectivity index (χ3v) is 6.84. The molecule has 0 unspecified atom stereocenters. The molecule has 1 N–H and O–H groups in total. The Morgan fingerprint density at radius 2 is 1.69 bits per heavy atom. The smallest absolute Gasteiger partial charge is 0.251 e. The van der Waals surface area contributed by atoms with Gasteiger partial charge in [0.2, 0.25) is 10.0 Å². The van der Waals surface area contributed by atoms with E-state index in [9.17, 15) is 13.2 Å². The van der Waals surface area contributed by atoms with Crippen LogP contribution in [0.2, 0.25) is 0 Å². The molecule has 0 aliphatic heterocycles. The zero-order valence-electron chi connectivity index (χ0n) is 16.0. The number of sulfonamides is 1. The van der Waals surface area contributed by atoms with Gasteiger partial charge in [-0.05, 0) is 49.7 Å². The average Bonchev–Trinajstić information content (AvgIpc) is 2.87. The standard InChI is InChI=1S/C19H27N3O3S/c1-6-22(7-2)26(24,25)18-10-8-16(9-11-18)19(23)20-13-17-12-14(3)21(5)15(17)4/h8-12H,6-7,13H2,1-5H3,(H,20,23). The summed E-state index contributed by atoms with van der Waals surface area (Å²) in [7, 11) is -1.52. The number of carbonyl (C=O) groups is 1. The number of nitrogens with one attached hydrogen (secondary N) is 1. The largest absolute Gasteiger partial charge is 0.352 e. The Balaban J connectivity index is 2.10. The summed E-state index contributed by atoms with van der Waals surface area (Å²) in [5.74, 6) is -0.224. The van der Waals surface area contributed by atoms with E-state index in [1.165, 1.54) is 16.4 Å². The number of aromatic nitrogens is 1. The van der Waals surface area contributed by atoms with E-state index in [0.29, 0.717) is 25.2 Å². The Morgan fingerprint density at radius 3 is 2.15 bits per heavy atom. The summed E-state index contributed by atoms with van der Waals surface area (Å²) in [6.07, 6.45) is 0. The third-order valence-electron chi connectivity index (χ3n) is 4.78. The van der Waals surface area contributed by atoms with Crippen LogP contribution in [-0.2, 0) is 23.6 Å². The van der Waals surface area contributed by atoms with Crippen molar-refractivity contribution in [1.82, 2.24) is 14.2 Å². The van der Waals surface area contributed by atoms with Crippen LogP contribution in [0.4, 0.5) is 0 Å². The van der Waals surface area contributed by atoms with E-state index < -0.39 is 10.0 Å². The lowest BCUT2D eigenvalue weighted by Gasteiger charge is -2.18. The van der Waals surface area contributed by atoms with Gasteiger partial charge in [0.05, 0.1) is 4.90 Å². The molecule has 0 saturated heterocycles. The Bertz CT molecular complexity index is 879. The summed E-state index contributed by atoms with van der Waals surface area (Å²) in [5.41, 5.74) is 3.76. The number of hydrogen-bond acceptors (Lipinski definition) is 3. The van der Waals surface area contributed by atoms with Gasteiger partial charge in [0.15, 0.2) is 0 Å². The SMILES string of the molecule is CCN(CC)S(=O)(=O)c1ccc(C(=O)NCc2cc(C)n(C)c2C)cc1. The van der Waals surface area contributed by atoms with Crippen molar-refractivity contribution in [3.8, 4) is 0 Å². The van der Waals surface area contributed by atoms with Crippen molar-refractivity contribution in [2.24, 2.45) is 7.05 Å². The molecule has 0 fully saturated rings. The summed E-state index contributed by atoms with van der Waals surface area (Å²) in [4.78, 5) is 12.6. The maximum absolute atomic E-state index is 12.5. The van der Waals surface area contributed by atoms with E-state index in [2.05, 4.69) is 16.0 Å². The highest BCUT2D eigenvalue weighted by Gasteiger charge is 2.21. The van der Waals surface area contributed by atoms with Gasteiger partial charge in [-0.1, -0.05) is 13.8 Å². The molecule has 1 aromatic carbocycles. The highest BCUT2D eigenvalue weighted by Crippen LogP contribution is 2.17. The number of rotatable bonds is 7.